The van der Waals surface area contributed by atoms with Crippen molar-refractivity contribution in [2.45, 2.75) is 26.7 Å². The first-order chi connectivity index (χ1) is 8.43. The summed E-state index contributed by atoms with van der Waals surface area (Å²) in [6, 6.07) is 4.37. The largest absolute Gasteiger partial charge is 0.330 e. The van der Waals surface area contributed by atoms with Gasteiger partial charge in [-0.3, -0.25) is 4.79 Å². The first kappa shape index (κ1) is 15.1. The lowest BCUT2D eigenvalue weighted by Crippen LogP contribution is -2.26. The zero-order valence-electron chi connectivity index (χ0n) is 10.7. The summed E-state index contributed by atoms with van der Waals surface area (Å²) in [5.41, 5.74) is 6.35. The van der Waals surface area contributed by atoms with E-state index in [0.29, 0.717) is 12.5 Å². The maximum Gasteiger partial charge on any atom is 0.141 e. The minimum Gasteiger partial charge on any atom is -0.330 e. The molecule has 0 saturated heterocycles. The summed E-state index contributed by atoms with van der Waals surface area (Å²) in [4.78, 5) is 12.1. The van der Waals surface area contributed by atoms with Crippen LogP contribution in [0.25, 0.3) is 0 Å². The Balaban J connectivity index is 2.70. The second-order valence-electron chi connectivity index (χ2n) is 4.95. The van der Waals surface area contributed by atoms with E-state index in [1.807, 2.05) is 0 Å². The van der Waals surface area contributed by atoms with Gasteiger partial charge < -0.3 is 5.73 Å². The average Bonchev–Trinajstić information content (AvgIpc) is 2.30. The van der Waals surface area contributed by atoms with Gasteiger partial charge in [-0.15, -0.1) is 0 Å². The molecule has 0 aliphatic carbocycles. The van der Waals surface area contributed by atoms with Crippen LogP contribution in [0.2, 0.25) is 5.02 Å². The number of rotatable bonds is 6. The standard InChI is InChI=1S/C14H19ClFNO/c1-9(2)5-11(8-17)14(18)7-10-3-4-13(16)12(15)6-10/h3-4,6,9,11H,5,7-8,17H2,1-2H3. The second-order valence-corrected chi connectivity index (χ2v) is 5.36. The van der Waals surface area contributed by atoms with Crippen LogP contribution < -0.4 is 5.73 Å². The molecule has 0 bridgehead atoms. The molecule has 1 unspecified atom stereocenters. The minimum absolute atomic E-state index is 0.0495. The maximum atomic E-state index is 13.0. The molecule has 100 valence electrons. The lowest BCUT2D eigenvalue weighted by molar-refractivity contribution is -0.122. The molecule has 0 amide bonds. The minimum atomic E-state index is -0.467. The Morgan fingerprint density at radius 1 is 1.44 bits per heavy atom. The third kappa shape index (κ3) is 4.39. The van der Waals surface area contributed by atoms with Crippen molar-refractivity contribution in [3.8, 4) is 0 Å². The molecule has 0 aromatic heterocycles. The van der Waals surface area contributed by atoms with Crippen LogP contribution in [0.3, 0.4) is 0 Å². The highest BCUT2D eigenvalue weighted by atomic mass is 35.5. The highest BCUT2D eigenvalue weighted by Crippen LogP contribution is 2.19. The number of Topliss-reactive ketones (excluding diaryl/α,β-unsaturated/α-hetero) is 1. The van der Waals surface area contributed by atoms with E-state index in [0.717, 1.165) is 12.0 Å². The van der Waals surface area contributed by atoms with Gasteiger partial charge in [-0.25, -0.2) is 4.39 Å². The molecular formula is C14H19ClFNO. The van der Waals surface area contributed by atoms with Gasteiger partial charge in [0.1, 0.15) is 11.6 Å². The van der Waals surface area contributed by atoms with Gasteiger partial charge in [0.2, 0.25) is 0 Å². The van der Waals surface area contributed by atoms with E-state index >= 15 is 0 Å². The molecule has 2 nitrogen and oxygen atoms in total. The Hall–Kier alpha value is -0.930. The van der Waals surface area contributed by atoms with E-state index in [1.165, 1.54) is 12.1 Å². The van der Waals surface area contributed by atoms with E-state index in [-0.39, 0.29) is 23.1 Å². The molecule has 0 saturated carbocycles. The number of carbonyl (C=O) groups excluding carboxylic acids is 1. The fourth-order valence-corrected chi connectivity index (χ4v) is 2.13. The van der Waals surface area contributed by atoms with Gasteiger partial charge in [0.05, 0.1) is 5.02 Å². The molecule has 0 spiro atoms. The van der Waals surface area contributed by atoms with Crippen LogP contribution in [0.4, 0.5) is 4.39 Å². The highest BCUT2D eigenvalue weighted by molar-refractivity contribution is 6.30. The maximum absolute atomic E-state index is 13.0. The number of hydrogen-bond acceptors (Lipinski definition) is 2. The smallest absolute Gasteiger partial charge is 0.141 e. The number of hydrogen-bond donors (Lipinski definition) is 1. The normalized spacial score (nSPS) is 12.8. The molecule has 1 aromatic rings. The Kier molecular flexibility index (Phi) is 5.76. The summed E-state index contributed by atoms with van der Waals surface area (Å²) in [7, 11) is 0. The van der Waals surface area contributed by atoms with Gasteiger partial charge in [0, 0.05) is 18.9 Å². The van der Waals surface area contributed by atoms with Gasteiger partial charge >= 0.3 is 0 Å². The number of nitrogens with two attached hydrogens (primary N) is 1. The van der Waals surface area contributed by atoms with E-state index in [9.17, 15) is 9.18 Å². The molecule has 4 heteroatoms. The summed E-state index contributed by atoms with van der Waals surface area (Å²) in [5, 5.41) is 0.0495. The van der Waals surface area contributed by atoms with Crippen LogP contribution in [0.15, 0.2) is 18.2 Å². The summed E-state index contributed by atoms with van der Waals surface area (Å²) in [6.07, 6.45) is 1.04. The Labute approximate surface area is 112 Å². The summed E-state index contributed by atoms with van der Waals surface area (Å²) in [5.74, 6) is -0.0765. The SMILES string of the molecule is CC(C)CC(CN)C(=O)Cc1ccc(F)c(Cl)c1. The van der Waals surface area contributed by atoms with Crippen LogP contribution in [0.5, 0.6) is 0 Å². The van der Waals surface area contributed by atoms with Crippen molar-refractivity contribution < 1.29 is 9.18 Å². The van der Waals surface area contributed by atoms with Crippen LogP contribution in [0, 0.1) is 17.7 Å². The lowest BCUT2D eigenvalue weighted by Gasteiger charge is -2.15. The Morgan fingerprint density at radius 2 is 2.11 bits per heavy atom. The third-order valence-electron chi connectivity index (χ3n) is 2.86. The lowest BCUT2D eigenvalue weighted by atomic mass is 9.90. The van der Waals surface area contributed by atoms with Crippen molar-refractivity contribution in [1.29, 1.82) is 0 Å². The predicted octanol–water partition coefficient (Wildman–Crippen LogP) is 3.21. The topological polar surface area (TPSA) is 43.1 Å². The molecular weight excluding hydrogens is 253 g/mol. The monoisotopic (exact) mass is 271 g/mol. The molecule has 18 heavy (non-hydrogen) atoms. The van der Waals surface area contributed by atoms with Crippen molar-refractivity contribution in [2.24, 2.45) is 17.6 Å². The van der Waals surface area contributed by atoms with Crippen molar-refractivity contribution in [2.75, 3.05) is 6.54 Å². The Bertz CT molecular complexity index is 420. The van der Waals surface area contributed by atoms with Gasteiger partial charge in [-0.2, -0.15) is 0 Å². The van der Waals surface area contributed by atoms with E-state index in [1.54, 1.807) is 6.07 Å². The summed E-state index contributed by atoms with van der Waals surface area (Å²) in [6.45, 7) is 4.47. The zero-order chi connectivity index (χ0) is 13.7. The van der Waals surface area contributed by atoms with Crippen molar-refractivity contribution >= 4 is 17.4 Å². The van der Waals surface area contributed by atoms with Gasteiger partial charge in [-0.1, -0.05) is 31.5 Å². The first-order valence-corrected chi connectivity index (χ1v) is 6.48. The third-order valence-corrected chi connectivity index (χ3v) is 3.15. The van der Waals surface area contributed by atoms with E-state index in [2.05, 4.69) is 13.8 Å². The molecule has 1 atom stereocenters. The zero-order valence-corrected chi connectivity index (χ0v) is 11.5. The molecule has 0 aliphatic heterocycles. The van der Waals surface area contributed by atoms with Crippen molar-refractivity contribution in [3.63, 3.8) is 0 Å². The van der Waals surface area contributed by atoms with Crippen LogP contribution in [-0.4, -0.2) is 12.3 Å². The molecule has 0 heterocycles. The quantitative estimate of drug-likeness (QED) is 0.863. The second kappa shape index (κ2) is 6.86. The van der Waals surface area contributed by atoms with Gasteiger partial charge in [0.25, 0.3) is 0 Å². The Morgan fingerprint density at radius 3 is 2.61 bits per heavy atom. The van der Waals surface area contributed by atoms with Gasteiger partial charge in [0.15, 0.2) is 0 Å². The number of benzene rings is 1. The van der Waals surface area contributed by atoms with E-state index in [4.69, 9.17) is 17.3 Å². The molecule has 0 fully saturated rings. The fourth-order valence-electron chi connectivity index (χ4n) is 1.92. The predicted molar refractivity (Wildman–Crippen MR) is 72.1 cm³/mol. The molecule has 0 aliphatic rings. The van der Waals surface area contributed by atoms with Gasteiger partial charge in [-0.05, 0) is 30.0 Å². The summed E-state index contributed by atoms with van der Waals surface area (Å²) >= 11 is 5.68. The van der Waals surface area contributed by atoms with Crippen molar-refractivity contribution in [3.05, 3.63) is 34.6 Å². The highest BCUT2D eigenvalue weighted by Gasteiger charge is 2.18. The van der Waals surface area contributed by atoms with E-state index < -0.39 is 5.82 Å². The fraction of sp³-hybridized carbons (Fsp3) is 0.500. The molecule has 1 aromatic carbocycles. The average molecular weight is 272 g/mol. The summed E-state index contributed by atoms with van der Waals surface area (Å²) < 4.78 is 13.0. The number of carbonyl (C=O) groups is 1. The van der Waals surface area contributed by atoms with Crippen LogP contribution >= 0.6 is 11.6 Å². The van der Waals surface area contributed by atoms with Crippen molar-refractivity contribution in [1.82, 2.24) is 0 Å². The first-order valence-electron chi connectivity index (χ1n) is 6.10. The number of halogens is 2. The molecule has 0 radical (unpaired) electrons. The van der Waals surface area contributed by atoms with Crippen LogP contribution in [0.1, 0.15) is 25.8 Å². The molecule has 1 rings (SSSR count). The number of ketones is 1. The van der Waals surface area contributed by atoms with Crippen LogP contribution in [-0.2, 0) is 11.2 Å². The molecule has 2 N–H and O–H groups in total.